The van der Waals surface area contributed by atoms with Crippen LogP contribution in [0.3, 0.4) is 0 Å². The number of nitrogens with zero attached hydrogens (tertiary/aromatic N) is 2. The molecule has 1 aromatic carbocycles. The first-order valence-electron chi connectivity index (χ1n) is 8.60. The fourth-order valence-electron chi connectivity index (χ4n) is 2.87. The van der Waals surface area contributed by atoms with Crippen LogP contribution in [0.1, 0.15) is 18.4 Å². The lowest BCUT2D eigenvalue weighted by molar-refractivity contribution is -0.120. The van der Waals surface area contributed by atoms with Crippen molar-refractivity contribution in [3.63, 3.8) is 0 Å². The Morgan fingerprint density at radius 3 is 2.48 bits per heavy atom. The van der Waals surface area contributed by atoms with Gasteiger partial charge in [-0.2, -0.15) is 4.31 Å². The highest BCUT2D eigenvalue weighted by Crippen LogP contribution is 2.22. The van der Waals surface area contributed by atoms with Crippen molar-refractivity contribution < 1.29 is 13.2 Å². The molecule has 1 aliphatic rings. The predicted octanol–water partition coefficient (Wildman–Crippen LogP) is 3.50. The number of nitrogens with one attached hydrogen (secondary N) is 1. The van der Waals surface area contributed by atoms with E-state index in [1.807, 2.05) is 30.3 Å². The Kier molecular flexibility index (Phi) is 6.41. The van der Waals surface area contributed by atoms with Gasteiger partial charge in [-0.3, -0.25) is 4.79 Å². The first kappa shape index (κ1) is 19.7. The molecule has 0 saturated carbocycles. The van der Waals surface area contributed by atoms with Crippen molar-refractivity contribution in [3.05, 3.63) is 64.1 Å². The molecule has 2 heterocycles. The molecule has 6 nitrogen and oxygen atoms in total. The van der Waals surface area contributed by atoms with Crippen LogP contribution in [0.15, 0.2) is 58.5 Å². The monoisotopic (exact) mass is 449 g/mol. The van der Waals surface area contributed by atoms with Gasteiger partial charge in [0.15, 0.2) is 0 Å². The van der Waals surface area contributed by atoms with Crippen LogP contribution in [0.2, 0.25) is 0 Å². The van der Waals surface area contributed by atoms with E-state index in [4.69, 9.17) is 0 Å². The molecule has 8 heteroatoms. The maximum absolute atomic E-state index is 12.5. The Hall–Kier alpha value is -2.03. The Bertz CT molecular complexity index is 907. The highest BCUT2D eigenvalue weighted by molar-refractivity contribution is 9.10. The van der Waals surface area contributed by atoms with Crippen LogP contribution < -0.4 is 5.32 Å². The van der Waals surface area contributed by atoms with Gasteiger partial charge < -0.3 is 5.32 Å². The summed E-state index contributed by atoms with van der Waals surface area (Å²) in [5, 5.41) is 4.02. The number of aromatic nitrogens is 1. The van der Waals surface area contributed by atoms with Gasteiger partial charge in [-0.25, -0.2) is 13.4 Å². The summed E-state index contributed by atoms with van der Waals surface area (Å²) in [5.74, 6) is 0.144. The third kappa shape index (κ3) is 5.47. The van der Waals surface area contributed by atoms with Crippen LogP contribution in [0.25, 0.3) is 6.08 Å². The second kappa shape index (κ2) is 8.77. The van der Waals surface area contributed by atoms with Gasteiger partial charge in [0.1, 0.15) is 5.82 Å². The van der Waals surface area contributed by atoms with Gasteiger partial charge in [0, 0.05) is 35.1 Å². The van der Waals surface area contributed by atoms with Crippen LogP contribution >= 0.6 is 15.9 Å². The largest absolute Gasteiger partial charge is 0.310 e. The molecule has 0 atom stereocenters. The van der Waals surface area contributed by atoms with Gasteiger partial charge >= 0.3 is 0 Å². The van der Waals surface area contributed by atoms with Crippen molar-refractivity contribution in [1.29, 1.82) is 0 Å². The number of rotatable bonds is 5. The van der Waals surface area contributed by atoms with E-state index in [-0.39, 0.29) is 11.8 Å². The Morgan fingerprint density at radius 2 is 1.85 bits per heavy atom. The molecule has 0 unspecified atom stereocenters. The Balaban J connectivity index is 1.55. The minimum Gasteiger partial charge on any atom is -0.310 e. The quantitative estimate of drug-likeness (QED) is 0.757. The van der Waals surface area contributed by atoms with Crippen molar-refractivity contribution in [2.75, 3.05) is 18.4 Å². The zero-order valence-electron chi connectivity index (χ0n) is 14.6. The molecule has 0 spiro atoms. The number of hydrogen-bond donors (Lipinski definition) is 1. The third-order valence-electron chi connectivity index (χ3n) is 4.40. The van der Waals surface area contributed by atoms with Gasteiger partial charge in [-0.1, -0.05) is 30.3 Å². The molecule has 1 N–H and O–H groups in total. The number of carbonyl (C=O) groups is 1. The minimum atomic E-state index is -3.49. The average Bonchev–Trinajstić information content (AvgIpc) is 2.69. The molecule has 2 aromatic rings. The van der Waals surface area contributed by atoms with Crippen LogP contribution in [0.4, 0.5) is 5.82 Å². The number of pyridine rings is 1. The second-order valence-electron chi connectivity index (χ2n) is 6.28. The van der Waals surface area contributed by atoms with E-state index in [0.29, 0.717) is 31.7 Å². The summed E-state index contributed by atoms with van der Waals surface area (Å²) >= 11 is 3.30. The molecule has 1 amide bonds. The summed E-state index contributed by atoms with van der Waals surface area (Å²) in [5.41, 5.74) is 0.831. The highest BCUT2D eigenvalue weighted by atomic mass is 79.9. The molecule has 0 radical (unpaired) electrons. The van der Waals surface area contributed by atoms with Gasteiger partial charge in [-0.05, 0) is 52.5 Å². The molecular formula is C19H20BrN3O3S. The standard InChI is InChI=1S/C19H20BrN3O3S/c20-17-6-7-18(21-14-17)22-19(24)16-8-11-23(12-9-16)27(25,26)13-10-15-4-2-1-3-5-15/h1-7,10,13-14,16H,8-9,11-12H2,(H,21,22,24)/b13-10+. The second-order valence-corrected chi connectivity index (χ2v) is 9.02. The van der Waals surface area contributed by atoms with E-state index in [1.165, 1.54) is 9.71 Å². The zero-order chi connectivity index (χ0) is 19.3. The normalized spacial score (nSPS) is 16.5. The van der Waals surface area contributed by atoms with E-state index >= 15 is 0 Å². The lowest BCUT2D eigenvalue weighted by Crippen LogP contribution is -2.40. The first-order chi connectivity index (χ1) is 12.9. The highest BCUT2D eigenvalue weighted by Gasteiger charge is 2.30. The number of halogens is 1. The summed E-state index contributed by atoms with van der Waals surface area (Å²) in [6, 6.07) is 12.8. The van der Waals surface area contributed by atoms with E-state index in [0.717, 1.165) is 10.0 Å². The number of sulfonamides is 1. The molecule has 1 saturated heterocycles. The van der Waals surface area contributed by atoms with Crippen molar-refractivity contribution in [1.82, 2.24) is 9.29 Å². The summed E-state index contributed by atoms with van der Waals surface area (Å²) in [4.78, 5) is 16.5. The smallest absolute Gasteiger partial charge is 0.236 e. The molecule has 1 fully saturated rings. The number of anilines is 1. The van der Waals surface area contributed by atoms with Gasteiger partial charge in [0.25, 0.3) is 0 Å². The van der Waals surface area contributed by atoms with Crippen molar-refractivity contribution in [2.24, 2.45) is 5.92 Å². The third-order valence-corrected chi connectivity index (χ3v) is 6.43. The Morgan fingerprint density at radius 1 is 1.15 bits per heavy atom. The van der Waals surface area contributed by atoms with E-state index in [1.54, 1.807) is 24.4 Å². The molecule has 27 heavy (non-hydrogen) atoms. The molecule has 142 valence electrons. The van der Waals surface area contributed by atoms with E-state index in [9.17, 15) is 13.2 Å². The van der Waals surface area contributed by atoms with Gasteiger partial charge in [0.2, 0.25) is 15.9 Å². The maximum atomic E-state index is 12.5. The van der Waals surface area contributed by atoms with Crippen molar-refractivity contribution in [3.8, 4) is 0 Å². The number of carbonyl (C=O) groups excluding carboxylic acids is 1. The summed E-state index contributed by atoms with van der Waals surface area (Å²) in [7, 11) is -3.49. The summed E-state index contributed by atoms with van der Waals surface area (Å²) in [6.07, 6.45) is 4.18. The number of benzene rings is 1. The van der Waals surface area contributed by atoms with Crippen molar-refractivity contribution in [2.45, 2.75) is 12.8 Å². The van der Waals surface area contributed by atoms with Crippen LogP contribution in [-0.2, 0) is 14.8 Å². The first-order valence-corrected chi connectivity index (χ1v) is 10.9. The molecule has 0 bridgehead atoms. The summed E-state index contributed by atoms with van der Waals surface area (Å²) in [6.45, 7) is 0.653. The topological polar surface area (TPSA) is 79.4 Å². The van der Waals surface area contributed by atoms with Crippen molar-refractivity contribution >= 4 is 43.8 Å². The number of piperidine rings is 1. The van der Waals surface area contributed by atoms with Gasteiger partial charge in [-0.15, -0.1) is 0 Å². The van der Waals surface area contributed by atoms with Gasteiger partial charge in [0.05, 0.1) is 0 Å². The molecule has 0 aliphatic carbocycles. The van der Waals surface area contributed by atoms with E-state index in [2.05, 4.69) is 26.2 Å². The van der Waals surface area contributed by atoms with Crippen LogP contribution in [-0.4, -0.2) is 36.7 Å². The predicted molar refractivity (Wildman–Crippen MR) is 109 cm³/mol. The minimum absolute atomic E-state index is 0.123. The molecule has 1 aromatic heterocycles. The fourth-order valence-corrected chi connectivity index (χ4v) is 4.32. The zero-order valence-corrected chi connectivity index (χ0v) is 17.0. The lowest BCUT2D eigenvalue weighted by atomic mass is 9.97. The molecular weight excluding hydrogens is 430 g/mol. The molecule has 3 rings (SSSR count). The Labute approximate surface area is 167 Å². The lowest BCUT2D eigenvalue weighted by Gasteiger charge is -2.29. The number of hydrogen-bond acceptors (Lipinski definition) is 4. The maximum Gasteiger partial charge on any atom is 0.236 e. The summed E-state index contributed by atoms with van der Waals surface area (Å²) < 4.78 is 27.2. The number of amides is 1. The SMILES string of the molecule is O=C(Nc1ccc(Br)cn1)C1CCN(S(=O)(=O)/C=C/c2ccccc2)CC1. The van der Waals surface area contributed by atoms with Crippen LogP contribution in [0.5, 0.6) is 0 Å². The molecule has 1 aliphatic heterocycles. The van der Waals surface area contributed by atoms with E-state index < -0.39 is 10.0 Å². The van der Waals surface area contributed by atoms with Crippen LogP contribution in [0, 0.1) is 5.92 Å². The average molecular weight is 450 g/mol. The fraction of sp³-hybridized carbons (Fsp3) is 0.263.